The van der Waals surface area contributed by atoms with Gasteiger partial charge in [0.25, 0.3) is 5.91 Å². The van der Waals surface area contributed by atoms with Gasteiger partial charge >= 0.3 is 0 Å². The Balaban J connectivity index is 1.56. The van der Waals surface area contributed by atoms with Crippen LogP contribution in [0.1, 0.15) is 78.1 Å². The minimum Gasteiger partial charge on any atom is -0.494 e. The van der Waals surface area contributed by atoms with E-state index in [-0.39, 0.29) is 11.8 Å². The van der Waals surface area contributed by atoms with Crippen molar-refractivity contribution in [3.05, 3.63) is 137 Å². The molecule has 0 aliphatic heterocycles. The first-order valence-electron chi connectivity index (χ1n) is 14.4. The molecular weight excluding hydrogens is 478 g/mol. The Morgan fingerprint density at radius 2 is 1.31 bits per heavy atom. The van der Waals surface area contributed by atoms with Gasteiger partial charge in [0, 0.05) is 24.6 Å². The molecule has 0 aliphatic rings. The first-order chi connectivity index (χ1) is 19.2. The maximum atomic E-state index is 13.9. The van der Waals surface area contributed by atoms with Crippen LogP contribution in [0.4, 0.5) is 0 Å². The lowest BCUT2D eigenvalue weighted by Crippen LogP contribution is -2.32. The normalized spacial score (nSPS) is 10.9. The number of hydrogen-bond acceptors (Lipinski definition) is 2. The SMILES string of the molecule is CCCCCc1ccc(C(=O)N(CCC(c2ccccc2)c2ccccc2)Cc2ccc(OCC)cc2)cc1. The van der Waals surface area contributed by atoms with Crippen LogP contribution in [0.5, 0.6) is 5.75 Å². The summed E-state index contributed by atoms with van der Waals surface area (Å²) in [5, 5.41) is 0. The summed E-state index contributed by atoms with van der Waals surface area (Å²) >= 11 is 0. The molecule has 4 aromatic rings. The number of rotatable bonds is 14. The summed E-state index contributed by atoms with van der Waals surface area (Å²) in [6.07, 6.45) is 5.54. The summed E-state index contributed by atoms with van der Waals surface area (Å²) in [5.41, 5.74) is 5.68. The highest BCUT2D eigenvalue weighted by Crippen LogP contribution is 2.29. The number of carbonyl (C=O) groups excluding carboxylic acids is 1. The van der Waals surface area contributed by atoms with E-state index in [1.165, 1.54) is 36.0 Å². The van der Waals surface area contributed by atoms with Gasteiger partial charge < -0.3 is 9.64 Å². The molecule has 202 valence electrons. The van der Waals surface area contributed by atoms with Crippen LogP contribution >= 0.6 is 0 Å². The zero-order chi connectivity index (χ0) is 27.3. The molecule has 0 saturated carbocycles. The van der Waals surface area contributed by atoms with E-state index in [1.54, 1.807) is 0 Å². The molecule has 0 aliphatic carbocycles. The lowest BCUT2D eigenvalue weighted by molar-refractivity contribution is 0.0739. The standard InChI is InChI=1S/C36H41NO2/c1-3-5-8-13-29-18-22-33(23-19-29)36(38)37(28-30-20-24-34(25-21-30)39-4-2)27-26-35(31-14-9-6-10-15-31)32-16-11-7-12-17-32/h6-7,9-12,14-25,35H,3-5,8,13,26-28H2,1-2H3. The number of aryl methyl sites for hydroxylation is 1. The van der Waals surface area contributed by atoms with Crippen LogP contribution in [0, 0.1) is 0 Å². The topological polar surface area (TPSA) is 29.5 Å². The molecule has 0 saturated heterocycles. The highest BCUT2D eigenvalue weighted by atomic mass is 16.5. The second kappa shape index (κ2) is 14.9. The number of amides is 1. The van der Waals surface area contributed by atoms with Crippen molar-refractivity contribution in [3.8, 4) is 5.75 Å². The monoisotopic (exact) mass is 519 g/mol. The summed E-state index contributed by atoms with van der Waals surface area (Å²) < 4.78 is 5.63. The zero-order valence-electron chi connectivity index (χ0n) is 23.4. The molecule has 39 heavy (non-hydrogen) atoms. The van der Waals surface area contributed by atoms with E-state index in [1.807, 2.05) is 36.1 Å². The first-order valence-corrected chi connectivity index (χ1v) is 14.4. The fourth-order valence-corrected chi connectivity index (χ4v) is 5.09. The van der Waals surface area contributed by atoms with Crippen molar-refractivity contribution in [1.29, 1.82) is 0 Å². The first kappa shape index (κ1) is 28.2. The summed E-state index contributed by atoms with van der Waals surface area (Å²) in [4.78, 5) is 15.9. The average molecular weight is 520 g/mol. The van der Waals surface area contributed by atoms with Gasteiger partial charge in [0.1, 0.15) is 5.75 Å². The molecule has 0 heterocycles. The summed E-state index contributed by atoms with van der Waals surface area (Å²) in [7, 11) is 0. The smallest absolute Gasteiger partial charge is 0.254 e. The van der Waals surface area contributed by atoms with Gasteiger partial charge in [-0.3, -0.25) is 4.79 Å². The Bertz CT molecular complexity index is 1210. The Morgan fingerprint density at radius 1 is 0.718 bits per heavy atom. The van der Waals surface area contributed by atoms with E-state index in [4.69, 9.17) is 4.74 Å². The molecule has 0 N–H and O–H groups in total. The van der Waals surface area contributed by atoms with Crippen LogP contribution in [0.3, 0.4) is 0 Å². The second-order valence-corrected chi connectivity index (χ2v) is 10.1. The van der Waals surface area contributed by atoms with Crippen molar-refractivity contribution in [3.63, 3.8) is 0 Å². The number of hydrogen-bond donors (Lipinski definition) is 0. The van der Waals surface area contributed by atoms with E-state index >= 15 is 0 Å². The van der Waals surface area contributed by atoms with Crippen LogP contribution in [-0.4, -0.2) is 24.0 Å². The molecule has 0 unspecified atom stereocenters. The molecule has 0 radical (unpaired) electrons. The fourth-order valence-electron chi connectivity index (χ4n) is 5.09. The van der Waals surface area contributed by atoms with Crippen molar-refractivity contribution in [2.75, 3.05) is 13.2 Å². The molecule has 0 aromatic heterocycles. The van der Waals surface area contributed by atoms with Crippen molar-refractivity contribution < 1.29 is 9.53 Å². The van der Waals surface area contributed by atoms with Crippen LogP contribution in [0.25, 0.3) is 0 Å². The molecule has 4 aromatic carbocycles. The molecule has 4 rings (SSSR count). The molecule has 0 fully saturated rings. The molecule has 3 heteroatoms. The van der Waals surface area contributed by atoms with E-state index in [2.05, 4.69) is 91.9 Å². The summed E-state index contributed by atoms with van der Waals surface area (Å²) in [6.45, 7) is 6.05. The van der Waals surface area contributed by atoms with Crippen LogP contribution in [0.15, 0.2) is 109 Å². The Kier molecular flexibility index (Phi) is 10.8. The lowest BCUT2D eigenvalue weighted by Gasteiger charge is -2.26. The quantitative estimate of drug-likeness (QED) is 0.156. The van der Waals surface area contributed by atoms with Gasteiger partial charge in [-0.15, -0.1) is 0 Å². The average Bonchev–Trinajstić information content (AvgIpc) is 2.99. The van der Waals surface area contributed by atoms with E-state index in [9.17, 15) is 4.79 Å². The van der Waals surface area contributed by atoms with E-state index < -0.39 is 0 Å². The van der Waals surface area contributed by atoms with Gasteiger partial charge in [-0.05, 0) is 72.7 Å². The Morgan fingerprint density at radius 3 is 1.87 bits per heavy atom. The highest BCUT2D eigenvalue weighted by molar-refractivity contribution is 5.94. The van der Waals surface area contributed by atoms with Gasteiger partial charge in [-0.1, -0.05) is 105 Å². The lowest BCUT2D eigenvalue weighted by atomic mass is 9.88. The van der Waals surface area contributed by atoms with Crippen molar-refractivity contribution in [2.45, 2.75) is 58.4 Å². The molecular formula is C36H41NO2. The number of benzene rings is 4. The summed E-state index contributed by atoms with van der Waals surface area (Å²) in [6, 6.07) is 37.6. The van der Waals surface area contributed by atoms with Gasteiger partial charge in [0.15, 0.2) is 0 Å². The van der Waals surface area contributed by atoms with Gasteiger partial charge in [0.2, 0.25) is 0 Å². The Labute approximate surface area is 234 Å². The van der Waals surface area contributed by atoms with Crippen LogP contribution < -0.4 is 4.74 Å². The second-order valence-electron chi connectivity index (χ2n) is 10.1. The minimum atomic E-state index is 0.0730. The molecule has 0 bridgehead atoms. The third-order valence-corrected chi connectivity index (χ3v) is 7.26. The fraction of sp³-hybridized carbons (Fsp3) is 0.306. The molecule has 3 nitrogen and oxygen atoms in total. The Hall–Kier alpha value is -3.85. The van der Waals surface area contributed by atoms with Gasteiger partial charge in [0.05, 0.1) is 6.61 Å². The number of unbranched alkanes of at least 4 members (excludes halogenated alkanes) is 2. The van der Waals surface area contributed by atoms with Crippen molar-refractivity contribution >= 4 is 5.91 Å². The van der Waals surface area contributed by atoms with Gasteiger partial charge in [-0.25, -0.2) is 0 Å². The highest BCUT2D eigenvalue weighted by Gasteiger charge is 2.20. The zero-order valence-corrected chi connectivity index (χ0v) is 23.4. The van der Waals surface area contributed by atoms with Crippen molar-refractivity contribution in [1.82, 2.24) is 4.90 Å². The number of carbonyl (C=O) groups is 1. The maximum absolute atomic E-state index is 13.9. The van der Waals surface area contributed by atoms with Crippen LogP contribution in [0.2, 0.25) is 0 Å². The molecule has 0 atom stereocenters. The predicted octanol–water partition coefficient (Wildman–Crippen LogP) is 8.68. The van der Waals surface area contributed by atoms with Crippen LogP contribution in [-0.2, 0) is 13.0 Å². The number of nitrogens with zero attached hydrogens (tertiary/aromatic N) is 1. The van der Waals surface area contributed by atoms with E-state index in [0.717, 1.165) is 29.7 Å². The predicted molar refractivity (Wildman–Crippen MR) is 161 cm³/mol. The largest absolute Gasteiger partial charge is 0.494 e. The third-order valence-electron chi connectivity index (χ3n) is 7.26. The molecule has 0 spiro atoms. The molecule has 1 amide bonds. The third kappa shape index (κ3) is 8.32. The van der Waals surface area contributed by atoms with Crippen molar-refractivity contribution in [2.24, 2.45) is 0 Å². The van der Waals surface area contributed by atoms with Gasteiger partial charge in [-0.2, -0.15) is 0 Å². The summed E-state index contributed by atoms with van der Waals surface area (Å²) in [5.74, 6) is 1.14. The van der Waals surface area contributed by atoms with E-state index in [0.29, 0.717) is 19.7 Å². The minimum absolute atomic E-state index is 0.0730. The maximum Gasteiger partial charge on any atom is 0.254 e. The number of ether oxygens (including phenoxy) is 1.